The van der Waals surface area contributed by atoms with Gasteiger partial charge in [-0.1, -0.05) is 34.5 Å². The molecule has 0 aliphatic carbocycles. The number of thiazole rings is 1. The molecule has 2 amide bonds. The van der Waals surface area contributed by atoms with Crippen LogP contribution in [0, 0.1) is 11.6 Å². The Hall–Kier alpha value is -2.24. The van der Waals surface area contributed by atoms with Gasteiger partial charge in [0.1, 0.15) is 11.9 Å². The number of rotatable bonds is 7. The number of aromatic nitrogens is 1. The number of nitrogens with zero attached hydrogens (tertiary/aromatic N) is 3. The number of anilines is 1. The van der Waals surface area contributed by atoms with E-state index in [0.717, 1.165) is 38.8 Å². The second-order valence-corrected chi connectivity index (χ2v) is 10.1. The highest BCUT2D eigenvalue weighted by Crippen LogP contribution is 2.37. The Bertz CT molecular complexity index is 1220. The summed E-state index contributed by atoms with van der Waals surface area (Å²) in [6.07, 6.45) is -0.811. The second kappa shape index (κ2) is 11.2. The lowest BCUT2D eigenvalue weighted by Crippen LogP contribution is -2.47. The number of hydrogen-bond acceptors (Lipinski definition) is 6. The van der Waals surface area contributed by atoms with Gasteiger partial charge in [-0.25, -0.2) is 18.6 Å². The Morgan fingerprint density at radius 2 is 1.94 bits per heavy atom. The first-order chi connectivity index (χ1) is 16.7. The molecule has 1 aliphatic rings. The molecule has 2 N–H and O–H groups in total. The first kappa shape index (κ1) is 25.8. The van der Waals surface area contributed by atoms with Gasteiger partial charge in [0.2, 0.25) is 0 Å². The molecule has 7 nitrogen and oxygen atoms in total. The van der Waals surface area contributed by atoms with Gasteiger partial charge in [-0.05, 0) is 26.1 Å². The number of ether oxygens (including phenoxy) is 1. The highest BCUT2D eigenvalue weighted by Gasteiger charge is 2.21. The molecule has 0 saturated carbocycles. The van der Waals surface area contributed by atoms with Gasteiger partial charge in [-0.15, -0.1) is 0 Å². The van der Waals surface area contributed by atoms with Crippen molar-refractivity contribution in [2.24, 2.45) is 0 Å². The molecule has 4 rings (SSSR count). The van der Waals surface area contributed by atoms with Crippen molar-refractivity contribution in [2.45, 2.75) is 13.0 Å². The molecule has 2 aromatic carbocycles. The van der Waals surface area contributed by atoms with Crippen molar-refractivity contribution >= 4 is 55.9 Å². The van der Waals surface area contributed by atoms with E-state index >= 15 is 0 Å². The van der Waals surface area contributed by atoms with Crippen LogP contribution in [-0.4, -0.2) is 67.1 Å². The largest absolute Gasteiger partial charge is 0.483 e. The number of carbonyl (C=O) groups is 1. The number of amides is 2. The highest BCUT2D eigenvalue weighted by atomic mass is 35.5. The number of piperazine rings is 1. The topological polar surface area (TPSA) is 69.7 Å². The molecule has 35 heavy (non-hydrogen) atoms. The number of likely N-dealkylation sites (N-methyl/N-ethyl adjacent to an activating group) is 1. The van der Waals surface area contributed by atoms with E-state index in [1.54, 1.807) is 6.92 Å². The summed E-state index contributed by atoms with van der Waals surface area (Å²) >= 11 is 13.4. The van der Waals surface area contributed by atoms with Gasteiger partial charge in [0, 0.05) is 62.0 Å². The van der Waals surface area contributed by atoms with Crippen molar-refractivity contribution in [1.82, 2.24) is 20.1 Å². The van der Waals surface area contributed by atoms with Crippen LogP contribution in [0.3, 0.4) is 0 Å². The van der Waals surface area contributed by atoms with E-state index in [9.17, 15) is 13.6 Å². The van der Waals surface area contributed by atoms with Gasteiger partial charge in [-0.2, -0.15) is 0 Å². The Balaban J connectivity index is 1.38. The third-order valence-electron chi connectivity index (χ3n) is 5.76. The van der Waals surface area contributed by atoms with Crippen LogP contribution < -0.4 is 15.4 Å². The molecule has 0 bridgehead atoms. The average Bonchev–Trinajstić information content (AvgIpc) is 3.18. The third-order valence-corrected chi connectivity index (χ3v) is 7.41. The minimum absolute atomic E-state index is 0.0618. The van der Waals surface area contributed by atoms with Crippen LogP contribution in [0.2, 0.25) is 10.0 Å². The quantitative estimate of drug-likeness (QED) is 0.391. The molecule has 3 aromatic rings. The van der Waals surface area contributed by atoms with Gasteiger partial charge >= 0.3 is 6.03 Å². The van der Waals surface area contributed by atoms with Crippen LogP contribution in [0.4, 0.5) is 18.7 Å². The predicted octanol–water partition coefficient (Wildman–Crippen LogP) is 5.39. The molecule has 12 heteroatoms. The van der Waals surface area contributed by atoms with E-state index in [1.807, 2.05) is 0 Å². The van der Waals surface area contributed by atoms with E-state index in [2.05, 4.69) is 32.5 Å². The maximum atomic E-state index is 14.7. The molecular formula is C23H25Cl2F2N5O2S. The van der Waals surface area contributed by atoms with Crippen LogP contribution in [0.5, 0.6) is 5.75 Å². The number of carbonyl (C=O) groups excluding carboxylic acids is 1. The molecular weight excluding hydrogens is 519 g/mol. The van der Waals surface area contributed by atoms with Crippen molar-refractivity contribution in [3.05, 3.63) is 51.5 Å². The normalized spacial score (nSPS) is 15.8. The van der Waals surface area contributed by atoms with Crippen molar-refractivity contribution in [3.8, 4) is 5.75 Å². The van der Waals surface area contributed by atoms with Gasteiger partial charge in [0.25, 0.3) is 0 Å². The van der Waals surface area contributed by atoms with Gasteiger partial charge in [0.15, 0.2) is 16.7 Å². The van der Waals surface area contributed by atoms with Crippen molar-refractivity contribution in [1.29, 1.82) is 0 Å². The summed E-state index contributed by atoms with van der Waals surface area (Å²) in [6.45, 7) is 6.86. The number of fused-ring (bicyclic) bond motifs is 1. The average molecular weight is 544 g/mol. The van der Waals surface area contributed by atoms with E-state index in [-0.39, 0.29) is 27.4 Å². The van der Waals surface area contributed by atoms with Crippen molar-refractivity contribution in [3.63, 3.8) is 0 Å². The summed E-state index contributed by atoms with van der Waals surface area (Å²) in [5.41, 5.74) is 0.606. The summed E-state index contributed by atoms with van der Waals surface area (Å²) in [5, 5.41) is 5.89. The maximum absolute atomic E-state index is 14.7. The summed E-state index contributed by atoms with van der Waals surface area (Å²) in [6, 6.07) is 4.85. The Morgan fingerprint density at radius 3 is 2.69 bits per heavy atom. The first-order valence-electron chi connectivity index (χ1n) is 11.1. The van der Waals surface area contributed by atoms with Crippen molar-refractivity contribution < 1.29 is 18.3 Å². The number of urea groups is 1. The lowest BCUT2D eigenvalue weighted by molar-refractivity contribution is 0.155. The molecule has 1 atom stereocenters. The lowest BCUT2D eigenvalue weighted by Gasteiger charge is -2.32. The molecule has 1 fully saturated rings. The SMILES string of the molecule is C[C@H](Oc1cc2sc(NC(=O)NCCN3CCN(C)CC3)nc2cc1F)c1c(Cl)ccc(F)c1Cl. The standard InChI is InChI=1S/C23H25Cl2F2N5O2S/c1-13(20-14(24)3-4-15(26)21(20)25)34-18-12-19-17(11-16(18)27)29-23(35-19)30-22(33)28-5-6-32-9-7-31(2)8-10-32/h3-4,11-13H,5-10H2,1-2H3,(H2,28,29,30,33)/t13-/m0/s1. The van der Waals surface area contributed by atoms with Crippen LogP contribution in [0.25, 0.3) is 10.2 Å². The Morgan fingerprint density at radius 1 is 1.20 bits per heavy atom. The molecule has 188 valence electrons. The number of benzene rings is 2. The monoisotopic (exact) mass is 543 g/mol. The Kier molecular flexibility index (Phi) is 8.28. The molecule has 2 heterocycles. The predicted molar refractivity (Wildman–Crippen MR) is 136 cm³/mol. The fraction of sp³-hybridized carbons (Fsp3) is 0.391. The molecule has 1 saturated heterocycles. The Labute approximate surface area is 216 Å². The van der Waals surface area contributed by atoms with Crippen molar-refractivity contribution in [2.75, 3.05) is 51.6 Å². The highest BCUT2D eigenvalue weighted by molar-refractivity contribution is 7.22. The fourth-order valence-electron chi connectivity index (χ4n) is 3.78. The summed E-state index contributed by atoms with van der Waals surface area (Å²) < 4.78 is 34.9. The van der Waals surface area contributed by atoms with E-state index in [0.29, 0.717) is 21.9 Å². The first-order valence-corrected chi connectivity index (χ1v) is 12.6. The van der Waals surface area contributed by atoms with E-state index in [4.69, 9.17) is 27.9 Å². The molecule has 0 radical (unpaired) electrons. The summed E-state index contributed by atoms with van der Waals surface area (Å²) in [4.78, 5) is 21.1. The van der Waals surface area contributed by atoms with Crippen LogP contribution in [0.15, 0.2) is 24.3 Å². The molecule has 0 unspecified atom stereocenters. The number of nitrogens with one attached hydrogen (secondary N) is 2. The third kappa shape index (κ3) is 6.31. The smallest absolute Gasteiger partial charge is 0.321 e. The fourth-order valence-corrected chi connectivity index (χ4v) is 5.33. The lowest BCUT2D eigenvalue weighted by atomic mass is 10.1. The van der Waals surface area contributed by atoms with Gasteiger partial charge in [-0.3, -0.25) is 10.2 Å². The molecule has 1 aliphatic heterocycles. The second-order valence-electron chi connectivity index (χ2n) is 8.31. The summed E-state index contributed by atoms with van der Waals surface area (Å²) in [7, 11) is 2.10. The van der Waals surface area contributed by atoms with Crippen LogP contribution >= 0.6 is 34.5 Å². The van der Waals surface area contributed by atoms with E-state index < -0.39 is 17.7 Å². The molecule has 0 spiro atoms. The van der Waals surface area contributed by atoms with Gasteiger partial charge < -0.3 is 15.0 Å². The minimum atomic E-state index is -0.811. The number of hydrogen-bond donors (Lipinski definition) is 2. The zero-order chi connectivity index (χ0) is 25.1. The maximum Gasteiger partial charge on any atom is 0.321 e. The van der Waals surface area contributed by atoms with E-state index in [1.165, 1.54) is 29.5 Å². The van der Waals surface area contributed by atoms with Gasteiger partial charge in [0.05, 0.1) is 15.2 Å². The van der Waals surface area contributed by atoms with Crippen LogP contribution in [-0.2, 0) is 0 Å². The zero-order valence-electron chi connectivity index (χ0n) is 19.2. The molecule has 1 aromatic heterocycles. The minimum Gasteiger partial charge on any atom is -0.483 e. The zero-order valence-corrected chi connectivity index (χ0v) is 21.5. The summed E-state index contributed by atoms with van der Waals surface area (Å²) in [5.74, 6) is -1.35. The van der Waals surface area contributed by atoms with Crippen LogP contribution in [0.1, 0.15) is 18.6 Å². The number of halogens is 4.